The van der Waals surface area contributed by atoms with Crippen molar-refractivity contribution in [1.82, 2.24) is 15.6 Å². The van der Waals surface area contributed by atoms with Crippen LogP contribution in [-0.4, -0.2) is 42.8 Å². The summed E-state index contributed by atoms with van der Waals surface area (Å²) in [7, 11) is 1.39. The topological polar surface area (TPSA) is 116 Å². The number of nitrogens with one attached hydrogen (secondary N) is 2. The molecular formula is C26H23N3O6. The summed E-state index contributed by atoms with van der Waals surface area (Å²) in [5.41, 5.74) is 4.48. The van der Waals surface area contributed by atoms with E-state index in [-0.39, 0.29) is 6.79 Å². The number of aromatic nitrogens is 1. The zero-order valence-electron chi connectivity index (χ0n) is 19.2. The van der Waals surface area contributed by atoms with Gasteiger partial charge in [-0.25, -0.2) is 14.6 Å². The van der Waals surface area contributed by atoms with Gasteiger partial charge in [0.1, 0.15) is 0 Å². The maximum absolute atomic E-state index is 13.3. The van der Waals surface area contributed by atoms with Crippen LogP contribution < -0.4 is 20.1 Å². The fraction of sp³-hybridized carbons (Fsp3) is 0.231. The standard InChI is InChI=1S/C26H23N3O6/c1-14(24(30)29-26(32)27-2)35-25(31)22-17-5-3-4-6-19(17)28-23-16(8-9-18(22)23)11-15-7-10-20-21(12-15)34-13-33-20/h3-7,10-12,14H,8-9,13H2,1-2H3,(H2,27,29,30,32). The molecule has 35 heavy (non-hydrogen) atoms. The molecule has 2 N–H and O–H groups in total. The van der Waals surface area contributed by atoms with E-state index < -0.39 is 24.0 Å². The lowest BCUT2D eigenvalue weighted by molar-refractivity contribution is -0.127. The quantitative estimate of drug-likeness (QED) is 0.558. The fourth-order valence-corrected chi connectivity index (χ4v) is 4.27. The van der Waals surface area contributed by atoms with Crippen LogP contribution in [0.15, 0.2) is 42.5 Å². The first-order chi connectivity index (χ1) is 16.9. The molecular weight excluding hydrogens is 450 g/mol. The van der Waals surface area contributed by atoms with Crippen molar-refractivity contribution in [1.29, 1.82) is 0 Å². The van der Waals surface area contributed by atoms with Gasteiger partial charge >= 0.3 is 12.0 Å². The molecule has 2 aliphatic rings. The first-order valence-corrected chi connectivity index (χ1v) is 11.2. The smallest absolute Gasteiger partial charge is 0.339 e. The van der Waals surface area contributed by atoms with E-state index in [0.717, 1.165) is 22.4 Å². The number of rotatable bonds is 4. The third-order valence-corrected chi connectivity index (χ3v) is 6.00. The lowest BCUT2D eigenvalue weighted by Crippen LogP contribution is -2.43. The molecule has 178 valence electrons. The number of carbonyl (C=O) groups excluding carboxylic acids is 3. The van der Waals surface area contributed by atoms with Crippen LogP contribution in [0, 0.1) is 0 Å². The summed E-state index contributed by atoms with van der Waals surface area (Å²) < 4.78 is 16.3. The molecule has 1 aliphatic carbocycles. The van der Waals surface area contributed by atoms with Gasteiger partial charge < -0.3 is 19.5 Å². The van der Waals surface area contributed by atoms with Crippen molar-refractivity contribution >= 4 is 40.5 Å². The Hall–Kier alpha value is -4.40. The van der Waals surface area contributed by atoms with E-state index >= 15 is 0 Å². The number of para-hydroxylation sites is 1. The summed E-state index contributed by atoms with van der Waals surface area (Å²) >= 11 is 0. The van der Waals surface area contributed by atoms with Crippen molar-refractivity contribution in [2.75, 3.05) is 13.8 Å². The van der Waals surface area contributed by atoms with Crippen LogP contribution in [0.1, 0.15) is 40.5 Å². The monoisotopic (exact) mass is 473 g/mol. The predicted molar refractivity (Wildman–Crippen MR) is 128 cm³/mol. The largest absolute Gasteiger partial charge is 0.454 e. The van der Waals surface area contributed by atoms with E-state index in [2.05, 4.69) is 10.6 Å². The highest BCUT2D eigenvalue weighted by atomic mass is 16.7. The first-order valence-electron chi connectivity index (χ1n) is 11.2. The highest BCUT2D eigenvalue weighted by Gasteiger charge is 2.30. The number of allylic oxidation sites excluding steroid dienone is 1. The molecule has 9 heteroatoms. The molecule has 0 fully saturated rings. The van der Waals surface area contributed by atoms with Gasteiger partial charge in [0, 0.05) is 12.4 Å². The van der Waals surface area contributed by atoms with Crippen LogP contribution in [0.4, 0.5) is 4.79 Å². The SMILES string of the molecule is CNC(=O)NC(=O)C(C)OC(=O)c1c2c(nc3ccccc13)C(=Cc1ccc3c(c1)OCO3)CC2. The Bertz CT molecular complexity index is 1400. The average molecular weight is 473 g/mol. The number of carbonyl (C=O) groups is 3. The summed E-state index contributed by atoms with van der Waals surface area (Å²) in [4.78, 5) is 41.8. The van der Waals surface area contributed by atoms with Gasteiger partial charge in [0.25, 0.3) is 5.91 Å². The number of nitrogens with zero attached hydrogens (tertiary/aromatic N) is 1. The number of benzene rings is 2. The van der Waals surface area contributed by atoms with Gasteiger partial charge in [0.2, 0.25) is 6.79 Å². The second kappa shape index (κ2) is 9.09. The Morgan fingerprint density at radius 3 is 2.71 bits per heavy atom. The molecule has 1 aliphatic heterocycles. The number of fused-ring (bicyclic) bond motifs is 3. The van der Waals surface area contributed by atoms with Crippen molar-refractivity contribution in [2.45, 2.75) is 25.9 Å². The van der Waals surface area contributed by atoms with E-state index in [1.54, 1.807) is 0 Å². The second-order valence-electron chi connectivity index (χ2n) is 8.23. The number of pyridine rings is 1. The summed E-state index contributed by atoms with van der Waals surface area (Å²) in [6.07, 6.45) is 2.17. The van der Waals surface area contributed by atoms with Gasteiger partial charge in [-0.3, -0.25) is 10.1 Å². The molecule has 1 atom stereocenters. The van der Waals surface area contributed by atoms with Crippen molar-refractivity contribution in [2.24, 2.45) is 0 Å². The van der Waals surface area contributed by atoms with Crippen molar-refractivity contribution in [3.63, 3.8) is 0 Å². The summed E-state index contributed by atoms with van der Waals surface area (Å²) in [5.74, 6) is 0.0554. The molecule has 2 heterocycles. The molecule has 1 aromatic heterocycles. The maximum Gasteiger partial charge on any atom is 0.339 e. The minimum Gasteiger partial charge on any atom is -0.454 e. The average Bonchev–Trinajstić information content (AvgIpc) is 3.49. The Kier molecular flexibility index (Phi) is 5.82. The molecule has 2 aromatic carbocycles. The molecule has 0 spiro atoms. The number of hydrogen-bond acceptors (Lipinski definition) is 7. The second-order valence-corrected chi connectivity index (χ2v) is 8.23. The molecule has 0 saturated carbocycles. The van der Waals surface area contributed by atoms with Gasteiger partial charge in [0.15, 0.2) is 17.6 Å². The van der Waals surface area contributed by atoms with Gasteiger partial charge in [-0.2, -0.15) is 0 Å². The zero-order chi connectivity index (χ0) is 24.5. The van der Waals surface area contributed by atoms with Crippen molar-refractivity contribution in [3.05, 3.63) is 64.8 Å². The van der Waals surface area contributed by atoms with Gasteiger partial charge in [-0.05, 0) is 60.7 Å². The zero-order valence-corrected chi connectivity index (χ0v) is 19.2. The third-order valence-electron chi connectivity index (χ3n) is 6.00. The van der Waals surface area contributed by atoms with E-state index in [1.165, 1.54) is 14.0 Å². The number of hydrogen-bond donors (Lipinski definition) is 2. The Morgan fingerprint density at radius 1 is 1.09 bits per heavy atom. The van der Waals surface area contributed by atoms with E-state index in [0.29, 0.717) is 40.8 Å². The summed E-state index contributed by atoms with van der Waals surface area (Å²) in [5, 5.41) is 5.06. The van der Waals surface area contributed by atoms with Crippen LogP contribution in [0.25, 0.3) is 22.6 Å². The highest BCUT2D eigenvalue weighted by Crippen LogP contribution is 2.39. The normalized spacial score (nSPS) is 15.5. The Morgan fingerprint density at radius 2 is 1.89 bits per heavy atom. The van der Waals surface area contributed by atoms with E-state index in [4.69, 9.17) is 19.2 Å². The number of ether oxygens (including phenoxy) is 3. The van der Waals surface area contributed by atoms with Crippen molar-refractivity contribution in [3.8, 4) is 11.5 Å². The van der Waals surface area contributed by atoms with Crippen molar-refractivity contribution < 1.29 is 28.6 Å². The highest BCUT2D eigenvalue weighted by molar-refractivity contribution is 6.08. The lowest BCUT2D eigenvalue weighted by atomic mass is 10.0. The first kappa shape index (κ1) is 22.4. The molecule has 0 radical (unpaired) electrons. The molecule has 3 aromatic rings. The minimum absolute atomic E-state index is 0.205. The van der Waals surface area contributed by atoms with Gasteiger partial charge in [-0.1, -0.05) is 24.3 Å². The molecule has 3 amide bonds. The van der Waals surface area contributed by atoms with Gasteiger partial charge in [0.05, 0.1) is 16.8 Å². The van der Waals surface area contributed by atoms with Crippen LogP contribution in [0.3, 0.4) is 0 Å². The molecule has 0 saturated heterocycles. The molecule has 9 nitrogen and oxygen atoms in total. The van der Waals surface area contributed by atoms with Crippen LogP contribution in [-0.2, 0) is 16.0 Å². The summed E-state index contributed by atoms with van der Waals surface area (Å²) in [6, 6.07) is 12.4. The number of urea groups is 1. The van der Waals surface area contributed by atoms with E-state index in [9.17, 15) is 14.4 Å². The maximum atomic E-state index is 13.3. The van der Waals surface area contributed by atoms with Crippen LogP contribution in [0.2, 0.25) is 0 Å². The van der Waals surface area contributed by atoms with E-state index in [1.807, 2.05) is 48.5 Å². The van der Waals surface area contributed by atoms with Crippen LogP contribution in [0.5, 0.6) is 11.5 Å². The number of imide groups is 1. The predicted octanol–water partition coefficient (Wildman–Crippen LogP) is 3.45. The van der Waals surface area contributed by atoms with Crippen LogP contribution >= 0.6 is 0 Å². The fourth-order valence-electron chi connectivity index (χ4n) is 4.27. The third kappa shape index (κ3) is 4.28. The molecule has 1 unspecified atom stereocenters. The number of amides is 3. The molecule has 5 rings (SSSR count). The Labute approximate surface area is 201 Å². The lowest BCUT2D eigenvalue weighted by Gasteiger charge is -2.16. The summed E-state index contributed by atoms with van der Waals surface area (Å²) in [6.45, 7) is 1.63. The van der Waals surface area contributed by atoms with Gasteiger partial charge in [-0.15, -0.1) is 0 Å². The molecule has 0 bridgehead atoms. The Balaban J connectivity index is 1.51. The number of esters is 1. The minimum atomic E-state index is -1.16.